The van der Waals surface area contributed by atoms with Gasteiger partial charge < -0.3 is 9.47 Å². The molecule has 172 valence electrons. The second-order valence-electron chi connectivity index (χ2n) is 7.96. The van der Waals surface area contributed by atoms with Crippen molar-refractivity contribution in [1.82, 2.24) is 24.5 Å². The lowest BCUT2D eigenvalue weighted by atomic mass is 10.1. The largest absolute Gasteiger partial charge is 0.497 e. The van der Waals surface area contributed by atoms with Gasteiger partial charge in [-0.05, 0) is 29.8 Å². The second kappa shape index (κ2) is 7.44. The number of nitrogens with zero attached hydrogens (tertiary/aromatic N) is 6. The molecule has 0 saturated carbocycles. The molecule has 0 spiro atoms. The van der Waals surface area contributed by atoms with Crippen LogP contribution < -0.4 is 4.74 Å². The van der Waals surface area contributed by atoms with Crippen molar-refractivity contribution in [3.8, 4) is 17.1 Å². The van der Waals surface area contributed by atoms with Crippen LogP contribution in [-0.4, -0.2) is 44.2 Å². The molecule has 8 nitrogen and oxygen atoms in total. The minimum atomic E-state index is -4.38. The zero-order valence-corrected chi connectivity index (χ0v) is 17.8. The molecule has 34 heavy (non-hydrogen) atoms. The molecule has 2 aliphatic heterocycles. The van der Waals surface area contributed by atoms with Crippen LogP contribution in [-0.2, 0) is 17.3 Å². The van der Waals surface area contributed by atoms with E-state index in [4.69, 9.17) is 9.47 Å². The van der Waals surface area contributed by atoms with Crippen LogP contribution in [0.1, 0.15) is 34.3 Å². The molecule has 1 atom stereocenters. The number of alkyl halides is 3. The van der Waals surface area contributed by atoms with Crippen molar-refractivity contribution in [2.24, 2.45) is 4.99 Å². The highest BCUT2D eigenvalue weighted by atomic mass is 19.4. The number of aromatic nitrogens is 5. The van der Waals surface area contributed by atoms with E-state index in [0.717, 1.165) is 34.9 Å². The fraction of sp³-hybridized carbons (Fsp3) is 0.217. The van der Waals surface area contributed by atoms with Crippen LogP contribution in [0.4, 0.5) is 13.2 Å². The highest BCUT2D eigenvalue weighted by molar-refractivity contribution is 5.95. The Morgan fingerprint density at radius 2 is 1.91 bits per heavy atom. The minimum Gasteiger partial charge on any atom is -0.497 e. The summed E-state index contributed by atoms with van der Waals surface area (Å²) in [5.74, 6) is 1.04. The fourth-order valence-corrected chi connectivity index (χ4v) is 4.25. The minimum absolute atomic E-state index is 0.222. The molecule has 0 N–H and O–H groups in total. The van der Waals surface area contributed by atoms with Crippen molar-refractivity contribution in [1.29, 1.82) is 0 Å². The number of fused-ring (bicyclic) bond motifs is 5. The lowest BCUT2D eigenvalue weighted by molar-refractivity contribution is -0.137. The molecule has 0 unspecified atom stereocenters. The molecule has 6 rings (SSSR count). The van der Waals surface area contributed by atoms with Crippen molar-refractivity contribution in [2.45, 2.75) is 18.6 Å². The molecule has 0 radical (unpaired) electrons. The van der Waals surface area contributed by atoms with Gasteiger partial charge in [-0.1, -0.05) is 17.3 Å². The zero-order valence-electron chi connectivity index (χ0n) is 17.8. The molecular formula is C23H17F3N6O2. The Morgan fingerprint density at radius 1 is 1.09 bits per heavy atom. The smallest absolute Gasteiger partial charge is 0.416 e. The topological polar surface area (TPSA) is 79.3 Å². The van der Waals surface area contributed by atoms with Crippen LogP contribution in [0.3, 0.4) is 0 Å². The Balaban J connectivity index is 1.39. The van der Waals surface area contributed by atoms with E-state index in [-0.39, 0.29) is 6.61 Å². The average Bonchev–Trinajstić information content (AvgIpc) is 3.57. The first-order chi connectivity index (χ1) is 16.4. The van der Waals surface area contributed by atoms with E-state index in [1.54, 1.807) is 24.3 Å². The summed E-state index contributed by atoms with van der Waals surface area (Å²) in [4.78, 5) is 9.21. The van der Waals surface area contributed by atoms with Crippen LogP contribution in [0.5, 0.6) is 5.75 Å². The van der Waals surface area contributed by atoms with Gasteiger partial charge in [-0.15, -0.1) is 5.10 Å². The van der Waals surface area contributed by atoms with Gasteiger partial charge in [-0.3, -0.25) is 4.57 Å². The van der Waals surface area contributed by atoms with Gasteiger partial charge in [0, 0.05) is 12.5 Å². The number of imidazole rings is 1. The number of aliphatic imine (C=N–C) groups is 1. The van der Waals surface area contributed by atoms with Crippen molar-refractivity contribution in [3.63, 3.8) is 0 Å². The van der Waals surface area contributed by atoms with Gasteiger partial charge in [-0.25, -0.2) is 14.7 Å². The molecule has 4 heterocycles. The van der Waals surface area contributed by atoms with Crippen LogP contribution in [0.2, 0.25) is 0 Å². The number of rotatable bonds is 3. The van der Waals surface area contributed by atoms with Gasteiger partial charge in [0.15, 0.2) is 0 Å². The lowest BCUT2D eigenvalue weighted by Gasteiger charge is -2.11. The van der Waals surface area contributed by atoms with E-state index in [1.165, 1.54) is 12.1 Å². The number of hydrogen-bond acceptors (Lipinski definition) is 6. The summed E-state index contributed by atoms with van der Waals surface area (Å²) in [6.07, 6.45) is -0.507. The van der Waals surface area contributed by atoms with Crippen LogP contribution in [0.15, 0.2) is 60.0 Å². The van der Waals surface area contributed by atoms with Crippen LogP contribution in [0.25, 0.3) is 11.4 Å². The summed E-state index contributed by atoms with van der Waals surface area (Å²) >= 11 is 0. The summed E-state index contributed by atoms with van der Waals surface area (Å²) in [5, 5.41) is 8.30. The van der Waals surface area contributed by atoms with Crippen molar-refractivity contribution in [2.75, 3.05) is 13.7 Å². The maximum absolute atomic E-state index is 12.9. The number of methoxy groups -OCH3 is 1. The van der Waals surface area contributed by atoms with Crippen LogP contribution >= 0.6 is 0 Å². The Kier molecular flexibility index (Phi) is 4.48. The maximum atomic E-state index is 12.9. The van der Waals surface area contributed by atoms with Crippen LogP contribution in [0, 0.1) is 0 Å². The quantitative estimate of drug-likeness (QED) is 0.403. The van der Waals surface area contributed by atoms with Gasteiger partial charge in [0.2, 0.25) is 5.90 Å². The lowest BCUT2D eigenvalue weighted by Crippen LogP contribution is -2.08. The molecule has 0 amide bonds. The number of hydrogen-bond donors (Lipinski definition) is 0. The Labute approximate surface area is 191 Å². The molecule has 11 heteroatoms. The molecule has 0 saturated heterocycles. The number of ether oxygens (including phenoxy) is 2. The molecule has 2 aromatic heterocycles. The number of halogens is 3. The molecule has 4 aromatic rings. The number of benzene rings is 2. The maximum Gasteiger partial charge on any atom is 0.416 e. The van der Waals surface area contributed by atoms with Gasteiger partial charge in [0.25, 0.3) is 0 Å². The first-order valence-corrected chi connectivity index (χ1v) is 10.4. The highest BCUT2D eigenvalue weighted by Crippen LogP contribution is 2.34. The normalized spacial score (nSPS) is 16.7. The van der Waals surface area contributed by atoms with Gasteiger partial charge in [0.05, 0.1) is 41.6 Å². The Bertz CT molecular complexity index is 1420. The van der Waals surface area contributed by atoms with Gasteiger partial charge in [0.1, 0.15) is 30.4 Å². The molecule has 2 aromatic carbocycles. The van der Waals surface area contributed by atoms with Crippen molar-refractivity contribution in [3.05, 3.63) is 83.2 Å². The summed E-state index contributed by atoms with van der Waals surface area (Å²) < 4.78 is 53.6. The third kappa shape index (κ3) is 3.23. The standard InChI is InChI=1S/C23H17F3N6O2/c1-33-16-6-7-18-19(9-16)32-15(10-28-30-32)8-20-21(27-12-31(18)20)22-29-17(11-34-22)13-2-4-14(5-3-13)23(24,25)26/h2-7,9-10,12,17H,8,11H2,1H3/t17-/m1/s1. The predicted octanol–water partition coefficient (Wildman–Crippen LogP) is 3.90. The van der Waals surface area contributed by atoms with Gasteiger partial charge in [-0.2, -0.15) is 13.2 Å². The first kappa shape index (κ1) is 20.5. The average molecular weight is 466 g/mol. The highest BCUT2D eigenvalue weighted by Gasteiger charge is 2.32. The predicted molar refractivity (Wildman–Crippen MR) is 115 cm³/mol. The molecule has 2 aliphatic rings. The van der Waals surface area contributed by atoms with E-state index >= 15 is 0 Å². The Hall–Kier alpha value is -4.15. The second-order valence-corrected chi connectivity index (χ2v) is 7.96. The molecule has 0 bridgehead atoms. The van der Waals surface area contributed by atoms with E-state index in [0.29, 0.717) is 29.3 Å². The van der Waals surface area contributed by atoms with E-state index < -0.39 is 17.8 Å². The van der Waals surface area contributed by atoms with Gasteiger partial charge >= 0.3 is 6.18 Å². The SMILES string of the molecule is COc1ccc2c(c1)-n1nncc1Cc1c(C3=N[C@@H](c4ccc(C(F)(F)F)cc4)CO3)ncn1-2. The van der Waals surface area contributed by atoms with E-state index in [9.17, 15) is 13.2 Å². The Morgan fingerprint density at radius 3 is 2.68 bits per heavy atom. The summed E-state index contributed by atoms with van der Waals surface area (Å²) in [7, 11) is 1.60. The van der Waals surface area contributed by atoms with Crippen molar-refractivity contribution >= 4 is 5.90 Å². The monoisotopic (exact) mass is 466 g/mol. The fourth-order valence-electron chi connectivity index (χ4n) is 4.25. The molecular weight excluding hydrogens is 449 g/mol. The zero-order chi connectivity index (χ0) is 23.4. The third-order valence-corrected chi connectivity index (χ3v) is 5.98. The summed E-state index contributed by atoms with van der Waals surface area (Å²) in [6.45, 7) is 0.222. The summed E-state index contributed by atoms with van der Waals surface area (Å²) in [5.41, 5.74) is 3.87. The first-order valence-electron chi connectivity index (χ1n) is 10.4. The van der Waals surface area contributed by atoms with E-state index in [2.05, 4.69) is 20.3 Å². The third-order valence-electron chi connectivity index (χ3n) is 5.98. The van der Waals surface area contributed by atoms with Crippen molar-refractivity contribution < 1.29 is 22.6 Å². The van der Waals surface area contributed by atoms with E-state index in [1.807, 2.05) is 22.8 Å². The summed E-state index contributed by atoms with van der Waals surface area (Å²) in [6, 6.07) is 10.2. The molecule has 0 fully saturated rings. The molecule has 0 aliphatic carbocycles.